The van der Waals surface area contributed by atoms with Crippen LogP contribution < -0.4 is 0 Å². The van der Waals surface area contributed by atoms with Crippen molar-refractivity contribution in [2.45, 2.75) is 24.3 Å². The van der Waals surface area contributed by atoms with Gasteiger partial charge < -0.3 is 0 Å². The molecule has 0 saturated carbocycles. The van der Waals surface area contributed by atoms with Gasteiger partial charge in [0.2, 0.25) is 0 Å². The highest BCUT2D eigenvalue weighted by molar-refractivity contribution is 9.10. The highest BCUT2D eigenvalue weighted by Gasteiger charge is 2.37. The molecule has 0 radical (unpaired) electrons. The first-order valence-electron chi connectivity index (χ1n) is 8.94. The van der Waals surface area contributed by atoms with Crippen molar-refractivity contribution in [2.24, 2.45) is 5.10 Å². The molecule has 0 saturated heterocycles. The zero-order valence-electron chi connectivity index (χ0n) is 15.3. The largest absolute Gasteiger partial charge is 0.279 e. The van der Waals surface area contributed by atoms with Gasteiger partial charge >= 0.3 is 0 Å². The van der Waals surface area contributed by atoms with Crippen LogP contribution in [0.1, 0.15) is 29.2 Å². The van der Waals surface area contributed by atoms with Gasteiger partial charge in [0.1, 0.15) is 0 Å². The van der Waals surface area contributed by atoms with Crippen LogP contribution in [0.5, 0.6) is 0 Å². The van der Waals surface area contributed by atoms with Gasteiger partial charge in [0.05, 0.1) is 16.6 Å². The highest BCUT2D eigenvalue weighted by atomic mass is 79.9. The Hall–Kier alpha value is -2.44. The van der Waals surface area contributed by atoms with E-state index in [9.17, 15) is 8.42 Å². The van der Waals surface area contributed by atoms with E-state index >= 15 is 0 Å². The van der Waals surface area contributed by atoms with E-state index in [2.05, 4.69) is 21.0 Å². The molecular formula is C22H19BrN2O2S. The number of nitrogens with zero attached hydrogens (tertiary/aromatic N) is 2. The van der Waals surface area contributed by atoms with Crippen LogP contribution in [0.15, 0.2) is 93.3 Å². The third-order valence-electron chi connectivity index (χ3n) is 4.74. The smallest absolute Gasteiger partial charge is 0.200 e. The molecule has 3 aromatic carbocycles. The van der Waals surface area contributed by atoms with Gasteiger partial charge in [0, 0.05) is 10.9 Å². The number of hydrogen-bond acceptors (Lipinski definition) is 3. The van der Waals surface area contributed by atoms with Crippen molar-refractivity contribution in [1.29, 1.82) is 0 Å². The molecule has 0 spiro atoms. The Morgan fingerprint density at radius 2 is 1.71 bits per heavy atom. The summed E-state index contributed by atoms with van der Waals surface area (Å²) in [6.07, 6.45) is 0.520. The van der Waals surface area contributed by atoms with Crippen molar-refractivity contribution >= 4 is 31.7 Å². The normalized spacial score (nSPS) is 16.9. The Morgan fingerprint density at radius 1 is 0.964 bits per heavy atom. The van der Waals surface area contributed by atoms with E-state index in [0.717, 1.165) is 26.9 Å². The van der Waals surface area contributed by atoms with Crippen LogP contribution in [0.2, 0.25) is 0 Å². The van der Waals surface area contributed by atoms with Gasteiger partial charge in [-0.25, -0.2) is 0 Å². The molecule has 0 aromatic heterocycles. The molecule has 6 heteroatoms. The maximum Gasteiger partial charge on any atom is 0.279 e. The van der Waals surface area contributed by atoms with Crippen LogP contribution in [0.25, 0.3) is 0 Å². The number of rotatable bonds is 4. The fourth-order valence-electron chi connectivity index (χ4n) is 3.38. The fourth-order valence-corrected chi connectivity index (χ4v) is 5.23. The second kappa shape index (κ2) is 7.53. The van der Waals surface area contributed by atoms with Crippen molar-refractivity contribution in [1.82, 2.24) is 4.41 Å². The molecule has 0 N–H and O–H groups in total. The zero-order valence-corrected chi connectivity index (χ0v) is 17.7. The first-order chi connectivity index (χ1) is 13.4. The molecule has 3 aromatic rings. The predicted molar refractivity (Wildman–Crippen MR) is 115 cm³/mol. The minimum absolute atomic E-state index is 0.242. The van der Waals surface area contributed by atoms with Gasteiger partial charge in [0.25, 0.3) is 10.0 Å². The SMILES string of the molecule is Cc1cccc([C@H]2CC(c3cccc(Br)c3)=NN2S(=O)(=O)c2ccccc2)c1. The molecule has 1 heterocycles. The zero-order chi connectivity index (χ0) is 19.7. The second-order valence-electron chi connectivity index (χ2n) is 6.78. The Labute approximate surface area is 173 Å². The number of halogens is 1. The lowest BCUT2D eigenvalue weighted by atomic mass is 9.98. The topological polar surface area (TPSA) is 49.7 Å². The van der Waals surface area contributed by atoms with Crippen LogP contribution >= 0.6 is 15.9 Å². The summed E-state index contributed by atoms with van der Waals surface area (Å²) >= 11 is 3.48. The van der Waals surface area contributed by atoms with Crippen molar-refractivity contribution in [3.63, 3.8) is 0 Å². The van der Waals surface area contributed by atoms with Crippen LogP contribution in [-0.4, -0.2) is 18.5 Å². The summed E-state index contributed by atoms with van der Waals surface area (Å²) in [7, 11) is -3.77. The van der Waals surface area contributed by atoms with Crippen molar-refractivity contribution < 1.29 is 8.42 Å². The average molecular weight is 455 g/mol. The number of sulfonamides is 1. The Bertz CT molecular complexity index is 1140. The summed E-state index contributed by atoms with van der Waals surface area (Å²) in [6.45, 7) is 2.00. The van der Waals surface area contributed by atoms with E-state index in [0.29, 0.717) is 6.42 Å². The third-order valence-corrected chi connectivity index (χ3v) is 6.93. The Balaban J connectivity index is 1.82. The lowest BCUT2D eigenvalue weighted by molar-refractivity contribution is 0.371. The number of benzene rings is 3. The van der Waals surface area contributed by atoms with Gasteiger partial charge in [-0.15, -0.1) is 0 Å². The Kier molecular flexibility index (Phi) is 5.08. The maximum atomic E-state index is 13.4. The Morgan fingerprint density at radius 3 is 2.43 bits per heavy atom. The van der Waals surface area contributed by atoms with Gasteiger partial charge in [0.15, 0.2) is 0 Å². The number of hydrogen-bond donors (Lipinski definition) is 0. The highest BCUT2D eigenvalue weighted by Crippen LogP contribution is 2.37. The van der Waals surface area contributed by atoms with E-state index in [1.807, 2.05) is 55.5 Å². The third kappa shape index (κ3) is 3.62. The summed E-state index contributed by atoms with van der Waals surface area (Å²) in [5.74, 6) is 0. The van der Waals surface area contributed by atoms with E-state index < -0.39 is 10.0 Å². The van der Waals surface area contributed by atoms with E-state index in [1.54, 1.807) is 30.3 Å². The van der Waals surface area contributed by atoms with Gasteiger partial charge in [-0.3, -0.25) is 0 Å². The molecule has 0 aliphatic carbocycles. The predicted octanol–water partition coefficient (Wildman–Crippen LogP) is 5.30. The summed E-state index contributed by atoms with van der Waals surface area (Å²) in [5.41, 5.74) is 3.70. The molecule has 142 valence electrons. The number of hydrazone groups is 1. The summed E-state index contributed by atoms with van der Waals surface area (Å²) in [5, 5.41) is 4.58. The van der Waals surface area contributed by atoms with Gasteiger partial charge in [-0.2, -0.15) is 17.9 Å². The molecule has 4 nitrogen and oxygen atoms in total. The molecule has 0 unspecified atom stereocenters. The van der Waals surface area contributed by atoms with Gasteiger partial charge in [-0.1, -0.05) is 76.1 Å². The van der Waals surface area contributed by atoms with E-state index in [-0.39, 0.29) is 10.9 Å². The minimum Gasteiger partial charge on any atom is -0.200 e. The average Bonchev–Trinajstić information content (AvgIpc) is 3.15. The summed E-state index contributed by atoms with van der Waals surface area (Å²) in [4.78, 5) is 0.242. The van der Waals surface area contributed by atoms with Crippen molar-refractivity contribution in [3.05, 3.63) is 100 Å². The van der Waals surface area contributed by atoms with Crippen LogP contribution in [0, 0.1) is 6.92 Å². The molecule has 0 fully saturated rings. The molecule has 28 heavy (non-hydrogen) atoms. The first kappa shape index (κ1) is 18.9. The first-order valence-corrected chi connectivity index (χ1v) is 11.2. The van der Waals surface area contributed by atoms with E-state index in [4.69, 9.17) is 0 Å². The summed E-state index contributed by atoms with van der Waals surface area (Å²) in [6, 6.07) is 23.8. The second-order valence-corrected chi connectivity index (χ2v) is 9.49. The van der Waals surface area contributed by atoms with Gasteiger partial charge in [-0.05, 0) is 42.3 Å². The molecule has 4 rings (SSSR count). The number of aryl methyl sites for hydroxylation is 1. The molecule has 1 aliphatic rings. The lowest BCUT2D eigenvalue weighted by Crippen LogP contribution is -2.27. The van der Waals surface area contributed by atoms with Crippen LogP contribution in [0.4, 0.5) is 0 Å². The lowest BCUT2D eigenvalue weighted by Gasteiger charge is -2.23. The van der Waals surface area contributed by atoms with Crippen molar-refractivity contribution in [2.75, 3.05) is 0 Å². The minimum atomic E-state index is -3.77. The van der Waals surface area contributed by atoms with Crippen LogP contribution in [-0.2, 0) is 10.0 Å². The van der Waals surface area contributed by atoms with E-state index in [1.165, 1.54) is 4.41 Å². The maximum absolute atomic E-state index is 13.4. The quantitative estimate of drug-likeness (QED) is 0.536. The molecular weight excluding hydrogens is 436 g/mol. The molecule has 1 aliphatic heterocycles. The summed E-state index contributed by atoms with van der Waals surface area (Å²) < 4.78 is 28.9. The van der Waals surface area contributed by atoms with Crippen LogP contribution in [0.3, 0.4) is 0 Å². The molecule has 0 amide bonds. The van der Waals surface area contributed by atoms with Crippen molar-refractivity contribution in [3.8, 4) is 0 Å². The monoisotopic (exact) mass is 454 g/mol. The molecule has 0 bridgehead atoms. The molecule has 1 atom stereocenters. The fraction of sp³-hybridized carbons (Fsp3) is 0.136. The standard InChI is InChI=1S/C22H19BrN2O2S/c1-16-7-5-9-18(13-16)22-15-21(17-8-6-10-19(23)14-17)24-25(22)28(26,27)20-11-3-2-4-12-20/h2-14,22H,15H2,1H3/t22-/m1/s1.